The fourth-order valence-electron chi connectivity index (χ4n) is 3.53. The van der Waals surface area contributed by atoms with Gasteiger partial charge in [0.25, 0.3) is 11.1 Å². The highest BCUT2D eigenvalue weighted by Crippen LogP contribution is 2.38. The zero-order valence-electron chi connectivity index (χ0n) is 20.0. The number of allylic oxidation sites excluding steroid dienone is 1. The molecule has 3 rings (SSSR count). The standard InChI is InChI=1S/C26H25Cl2NO6S/c1-5-7-17-10-16(12-22-24(30)29(26(32)36-22)15(3)25(31)33-4)11-21(34-6-2)23(17)35-14-18-8-9-19(27)13-20(18)28/h5,8-13,15H,1,6-7,14H2,2-4H3/b22-12+/t15-/m1/s1. The Hall–Kier alpha value is -2.94. The van der Waals surface area contributed by atoms with Crippen LogP contribution in [-0.4, -0.2) is 41.8 Å². The summed E-state index contributed by atoms with van der Waals surface area (Å²) in [5, 5.41) is 0.473. The van der Waals surface area contributed by atoms with E-state index in [9.17, 15) is 14.4 Å². The number of hydrogen-bond acceptors (Lipinski definition) is 7. The number of carbonyl (C=O) groups excluding carboxylic acids is 3. The first kappa shape index (κ1) is 27.6. The molecule has 0 bridgehead atoms. The molecule has 10 heteroatoms. The van der Waals surface area contributed by atoms with Crippen molar-refractivity contribution in [1.82, 2.24) is 4.90 Å². The summed E-state index contributed by atoms with van der Waals surface area (Å²) in [5.41, 5.74) is 2.16. The molecule has 2 aromatic carbocycles. The number of thioether (sulfide) groups is 1. The summed E-state index contributed by atoms with van der Waals surface area (Å²) in [6.45, 7) is 7.67. The molecule has 1 fully saturated rings. The maximum absolute atomic E-state index is 12.9. The molecule has 1 aliphatic rings. The summed E-state index contributed by atoms with van der Waals surface area (Å²) in [5.74, 6) is -0.251. The molecule has 2 amide bonds. The lowest BCUT2D eigenvalue weighted by atomic mass is 10.0. The molecule has 0 saturated carbocycles. The van der Waals surface area contributed by atoms with Gasteiger partial charge in [0.1, 0.15) is 12.6 Å². The molecule has 0 spiro atoms. The molecule has 7 nitrogen and oxygen atoms in total. The van der Waals surface area contributed by atoms with E-state index in [1.165, 1.54) is 14.0 Å². The van der Waals surface area contributed by atoms with Crippen LogP contribution in [0.2, 0.25) is 10.0 Å². The van der Waals surface area contributed by atoms with Crippen LogP contribution in [0.1, 0.15) is 30.5 Å². The van der Waals surface area contributed by atoms with Crippen molar-refractivity contribution >= 4 is 58.2 Å². The first-order valence-corrected chi connectivity index (χ1v) is 12.6. The maximum atomic E-state index is 12.9. The zero-order valence-corrected chi connectivity index (χ0v) is 22.3. The first-order chi connectivity index (χ1) is 17.2. The topological polar surface area (TPSA) is 82.1 Å². The van der Waals surface area contributed by atoms with Crippen molar-refractivity contribution in [3.8, 4) is 11.5 Å². The third-order valence-electron chi connectivity index (χ3n) is 5.26. The van der Waals surface area contributed by atoms with Gasteiger partial charge in [0.05, 0.1) is 18.6 Å². The van der Waals surface area contributed by atoms with Crippen LogP contribution < -0.4 is 9.47 Å². The number of ether oxygens (including phenoxy) is 3. The highest BCUT2D eigenvalue weighted by molar-refractivity contribution is 8.18. The van der Waals surface area contributed by atoms with Crippen LogP contribution >= 0.6 is 35.0 Å². The number of carbonyl (C=O) groups is 3. The van der Waals surface area contributed by atoms with Crippen molar-refractivity contribution < 1.29 is 28.6 Å². The van der Waals surface area contributed by atoms with Crippen molar-refractivity contribution in [2.24, 2.45) is 0 Å². The molecule has 0 N–H and O–H groups in total. The Morgan fingerprint density at radius 3 is 2.56 bits per heavy atom. The van der Waals surface area contributed by atoms with Crippen molar-refractivity contribution in [3.63, 3.8) is 0 Å². The van der Waals surface area contributed by atoms with E-state index in [0.717, 1.165) is 27.8 Å². The van der Waals surface area contributed by atoms with Crippen molar-refractivity contribution in [2.75, 3.05) is 13.7 Å². The summed E-state index contributed by atoms with van der Waals surface area (Å²) >= 11 is 13.0. The molecule has 0 radical (unpaired) electrons. The number of halogens is 2. The molecule has 1 aliphatic heterocycles. The summed E-state index contributed by atoms with van der Waals surface area (Å²) in [6, 6.07) is 7.70. The van der Waals surface area contributed by atoms with Gasteiger partial charge in [0.2, 0.25) is 0 Å². The summed E-state index contributed by atoms with van der Waals surface area (Å²) in [4.78, 5) is 38.3. The molecule has 2 aromatic rings. The number of rotatable bonds is 10. The van der Waals surface area contributed by atoms with Gasteiger partial charge < -0.3 is 14.2 Å². The molecular formula is C26H25Cl2NO6S. The van der Waals surface area contributed by atoms with E-state index in [4.69, 9.17) is 32.7 Å². The third-order valence-corrected chi connectivity index (χ3v) is 6.73. The normalized spacial score (nSPS) is 15.2. The number of nitrogens with zero attached hydrogens (tertiary/aromatic N) is 1. The maximum Gasteiger partial charge on any atom is 0.328 e. The Labute approximate surface area is 224 Å². The van der Waals surface area contributed by atoms with E-state index in [0.29, 0.717) is 40.1 Å². The Bertz CT molecular complexity index is 1230. The number of esters is 1. The average Bonchev–Trinajstić information content (AvgIpc) is 3.11. The lowest BCUT2D eigenvalue weighted by Gasteiger charge is -2.18. The molecule has 0 aliphatic carbocycles. The van der Waals surface area contributed by atoms with Gasteiger partial charge >= 0.3 is 5.97 Å². The summed E-state index contributed by atoms with van der Waals surface area (Å²) < 4.78 is 16.6. The van der Waals surface area contributed by atoms with E-state index in [1.807, 2.05) is 13.0 Å². The van der Waals surface area contributed by atoms with Crippen molar-refractivity contribution in [3.05, 3.63) is 74.6 Å². The quantitative estimate of drug-likeness (QED) is 0.195. The summed E-state index contributed by atoms with van der Waals surface area (Å²) in [7, 11) is 1.20. The number of imide groups is 1. The molecule has 190 valence electrons. The molecule has 0 aromatic heterocycles. The van der Waals surface area contributed by atoms with Gasteiger partial charge in [-0.15, -0.1) is 6.58 Å². The molecule has 0 unspecified atom stereocenters. The monoisotopic (exact) mass is 549 g/mol. The fourth-order valence-corrected chi connectivity index (χ4v) is 4.90. The van der Waals surface area contributed by atoms with Gasteiger partial charge in [-0.2, -0.15) is 0 Å². The Balaban J connectivity index is 1.96. The predicted octanol–water partition coefficient (Wildman–Crippen LogP) is 6.30. The highest BCUT2D eigenvalue weighted by atomic mass is 35.5. The third kappa shape index (κ3) is 6.24. The van der Waals surface area contributed by atoms with Gasteiger partial charge in [0, 0.05) is 21.2 Å². The number of amides is 2. The van der Waals surface area contributed by atoms with Gasteiger partial charge in [-0.1, -0.05) is 35.3 Å². The zero-order chi connectivity index (χ0) is 26.4. The highest BCUT2D eigenvalue weighted by Gasteiger charge is 2.41. The Morgan fingerprint density at radius 1 is 1.17 bits per heavy atom. The van der Waals surface area contributed by atoms with Crippen LogP contribution in [0.3, 0.4) is 0 Å². The van der Waals surface area contributed by atoms with E-state index in [-0.39, 0.29) is 11.5 Å². The molecule has 36 heavy (non-hydrogen) atoms. The van der Waals surface area contributed by atoms with Crippen LogP contribution in [0, 0.1) is 0 Å². The van der Waals surface area contributed by atoms with E-state index in [1.54, 1.807) is 36.4 Å². The second-order valence-corrected chi connectivity index (χ2v) is 9.55. The second kappa shape index (κ2) is 12.3. The molecule has 1 heterocycles. The number of benzene rings is 2. The predicted molar refractivity (Wildman–Crippen MR) is 142 cm³/mol. The molecular weight excluding hydrogens is 525 g/mol. The van der Waals surface area contributed by atoms with Crippen LogP contribution in [0.4, 0.5) is 4.79 Å². The molecule has 1 saturated heterocycles. The number of hydrogen-bond donors (Lipinski definition) is 0. The Kier molecular flexibility index (Phi) is 9.48. The van der Waals surface area contributed by atoms with E-state index >= 15 is 0 Å². The van der Waals surface area contributed by atoms with Gasteiger partial charge in [-0.25, -0.2) is 4.79 Å². The minimum Gasteiger partial charge on any atom is -0.490 e. The Morgan fingerprint density at radius 2 is 1.92 bits per heavy atom. The van der Waals surface area contributed by atoms with Gasteiger partial charge in [-0.3, -0.25) is 14.5 Å². The van der Waals surface area contributed by atoms with Crippen LogP contribution in [-0.2, 0) is 27.4 Å². The lowest BCUT2D eigenvalue weighted by molar-refractivity contribution is -0.148. The van der Waals surface area contributed by atoms with E-state index < -0.39 is 23.2 Å². The minimum absolute atomic E-state index is 0.184. The second-order valence-electron chi connectivity index (χ2n) is 7.71. The minimum atomic E-state index is -1.03. The summed E-state index contributed by atoms with van der Waals surface area (Å²) in [6.07, 6.45) is 3.78. The van der Waals surface area contributed by atoms with Crippen molar-refractivity contribution in [2.45, 2.75) is 32.9 Å². The SMILES string of the molecule is C=CCc1cc(/C=C2/SC(=O)N([C@H](C)C(=O)OC)C2=O)cc(OCC)c1OCc1ccc(Cl)cc1Cl. The van der Waals surface area contributed by atoms with Gasteiger partial charge in [-0.05, 0) is 67.9 Å². The largest absolute Gasteiger partial charge is 0.490 e. The first-order valence-electron chi connectivity index (χ1n) is 11.0. The van der Waals surface area contributed by atoms with Crippen LogP contribution in [0.5, 0.6) is 11.5 Å². The fraction of sp³-hybridized carbons (Fsp3) is 0.269. The lowest BCUT2D eigenvalue weighted by Crippen LogP contribution is -2.42. The number of methoxy groups -OCH3 is 1. The molecule has 1 atom stereocenters. The van der Waals surface area contributed by atoms with Crippen molar-refractivity contribution in [1.29, 1.82) is 0 Å². The van der Waals surface area contributed by atoms with Gasteiger partial charge in [0.15, 0.2) is 11.5 Å². The smallest absolute Gasteiger partial charge is 0.328 e. The van der Waals surface area contributed by atoms with Crippen LogP contribution in [0.25, 0.3) is 6.08 Å². The van der Waals surface area contributed by atoms with E-state index in [2.05, 4.69) is 11.3 Å². The average molecular weight is 550 g/mol. The van der Waals surface area contributed by atoms with Crippen LogP contribution in [0.15, 0.2) is 47.9 Å².